The molecule has 3 saturated heterocycles. The summed E-state index contributed by atoms with van der Waals surface area (Å²) < 4.78 is 19.3. The number of aliphatic hydroxyl groups excluding tert-OH is 4. The number of aromatic nitrogens is 2. The fourth-order valence-corrected chi connectivity index (χ4v) is 18.6. The average molecular weight is 929 g/mol. The van der Waals surface area contributed by atoms with E-state index in [1.54, 1.807) is 20.8 Å². The Morgan fingerprint density at radius 3 is 2.04 bits per heavy atom. The highest BCUT2D eigenvalue weighted by Gasteiger charge is 2.79. The van der Waals surface area contributed by atoms with Crippen molar-refractivity contribution in [3.8, 4) is 0 Å². The maximum atomic E-state index is 14.8. The van der Waals surface area contributed by atoms with Gasteiger partial charge in [0.1, 0.15) is 29.7 Å². The van der Waals surface area contributed by atoms with Gasteiger partial charge in [-0.25, -0.2) is 0 Å². The Kier molecular flexibility index (Phi) is 9.65. The molecule has 7 fully saturated rings. The maximum absolute atomic E-state index is 14.8. The molecule has 10 unspecified atom stereocenters. The number of aliphatic hydroxyl groups is 7. The standard InChI is InChI=1S/C54H76N2O11/c1-26-32-13-14-33-30-11-9-28-15-37-40(21-49(28,7)35(30)18-42(59)51(32,33)25-65-53(26,64)43(60)22-46(3,4)62)56-38-16-29-10-12-31-34(48(29,6)20-39(38)55-37)17-41(58)50(8)36(31)19-45-52(50,63)27(2)54(66-45)44(61)23-47(5,24-57)67-54/h14,19,26-32,34-35,41,43-45,57-58,60-64H,9-13,15-18,20-25H2,1-8H3/t26?,27?,28?,29?,30?,31?,32-,34?,35?,41-,43?,44?,45+,47+,48+,49+,50-,51-,52-,53+,54+/m0/s1. The van der Waals surface area contributed by atoms with Crippen LogP contribution in [-0.2, 0) is 44.7 Å². The lowest BCUT2D eigenvalue weighted by Crippen LogP contribution is -2.65. The van der Waals surface area contributed by atoms with E-state index in [-0.39, 0.29) is 72.3 Å². The summed E-state index contributed by atoms with van der Waals surface area (Å²) in [5.74, 6) is -3.04. The lowest BCUT2D eigenvalue weighted by Gasteiger charge is -2.61. The molecule has 12 rings (SSSR count). The zero-order chi connectivity index (χ0) is 47.6. The second-order valence-electron chi connectivity index (χ2n) is 26.0. The highest BCUT2D eigenvalue weighted by molar-refractivity contribution is 5.91. The average Bonchev–Trinajstić information content (AvgIpc) is 3.92. The molecule has 21 atom stereocenters. The zero-order valence-electron chi connectivity index (χ0n) is 40.9. The summed E-state index contributed by atoms with van der Waals surface area (Å²) in [5.41, 5.74) is 0.875. The van der Waals surface area contributed by atoms with Crippen LogP contribution in [0.4, 0.5) is 0 Å². The number of Topliss-reactive ketones (excluding diaryl/α,β-unsaturated/α-hetero) is 1. The number of ether oxygens (including phenoxy) is 3. The number of hydrogen-bond donors (Lipinski definition) is 7. The molecule has 7 N–H and O–H groups in total. The van der Waals surface area contributed by atoms with E-state index in [9.17, 15) is 40.5 Å². The number of hydrogen-bond acceptors (Lipinski definition) is 13. The Hall–Kier alpha value is -2.17. The number of nitrogens with zero attached hydrogens (tertiary/aromatic N) is 2. The van der Waals surface area contributed by atoms with Crippen molar-refractivity contribution in [3.63, 3.8) is 0 Å². The molecule has 0 bridgehead atoms. The molecule has 11 aliphatic rings. The SMILES string of the molecule is CC1[C@@H]2CC=C3C4CCC5Cc6nc7c(nc6C[C@@]5(C)C4CC(=O)[C@]32CO[C@@]1(O)C(O)CC(C)(C)O)CC1CCC2C3=C[C@H]4O[C@@]5(O[C@@](C)(CO)CC5O)C(C)[C@@]4(O)[C@]3(C)[C@@H](O)CC2[C@]1(C)C7. The smallest absolute Gasteiger partial charge is 0.201 e. The first-order valence-corrected chi connectivity index (χ1v) is 26.0. The van der Waals surface area contributed by atoms with Gasteiger partial charge in [0.15, 0.2) is 5.79 Å². The third kappa shape index (κ3) is 5.60. The van der Waals surface area contributed by atoms with Gasteiger partial charge in [0, 0.05) is 36.5 Å². The summed E-state index contributed by atoms with van der Waals surface area (Å²) in [7, 11) is 0. The fourth-order valence-electron chi connectivity index (χ4n) is 18.6. The van der Waals surface area contributed by atoms with Crippen molar-refractivity contribution in [1.82, 2.24) is 9.97 Å². The van der Waals surface area contributed by atoms with Crippen LogP contribution in [0.3, 0.4) is 0 Å². The molecule has 368 valence electrons. The van der Waals surface area contributed by atoms with Gasteiger partial charge < -0.3 is 50.0 Å². The maximum Gasteiger partial charge on any atom is 0.201 e. The first-order chi connectivity index (χ1) is 31.3. The molecule has 1 aromatic rings. The van der Waals surface area contributed by atoms with Gasteiger partial charge in [-0.3, -0.25) is 14.8 Å². The zero-order valence-corrected chi connectivity index (χ0v) is 40.9. The first-order valence-electron chi connectivity index (χ1n) is 26.0. The number of carbonyl (C=O) groups is 1. The largest absolute Gasteiger partial charge is 0.393 e. The van der Waals surface area contributed by atoms with Gasteiger partial charge in [-0.2, -0.15) is 0 Å². The predicted octanol–water partition coefficient (Wildman–Crippen LogP) is 4.46. The number of fused-ring (bicyclic) bond motifs is 13. The molecule has 67 heavy (non-hydrogen) atoms. The van der Waals surface area contributed by atoms with Gasteiger partial charge in [0.25, 0.3) is 0 Å². The molecular weight excluding hydrogens is 853 g/mol. The Morgan fingerprint density at radius 1 is 0.836 bits per heavy atom. The van der Waals surface area contributed by atoms with Crippen LogP contribution in [0, 0.1) is 74.9 Å². The normalized spacial score (nSPS) is 54.0. The molecule has 13 heteroatoms. The van der Waals surface area contributed by atoms with E-state index < -0.39 is 75.5 Å². The summed E-state index contributed by atoms with van der Waals surface area (Å²) in [4.78, 5) is 26.0. The van der Waals surface area contributed by atoms with Crippen molar-refractivity contribution in [1.29, 1.82) is 0 Å². The van der Waals surface area contributed by atoms with E-state index in [2.05, 4.69) is 26.0 Å². The van der Waals surface area contributed by atoms with Gasteiger partial charge in [0.2, 0.25) is 5.79 Å². The van der Waals surface area contributed by atoms with Gasteiger partial charge >= 0.3 is 0 Å². The minimum atomic E-state index is -1.85. The van der Waals surface area contributed by atoms with Crippen LogP contribution in [0.1, 0.15) is 136 Å². The van der Waals surface area contributed by atoms with E-state index in [1.807, 2.05) is 20.8 Å². The van der Waals surface area contributed by atoms with Crippen molar-refractivity contribution in [2.24, 2.45) is 74.9 Å². The number of ketones is 1. The lowest BCUT2D eigenvalue weighted by atomic mass is 9.44. The van der Waals surface area contributed by atoms with Gasteiger partial charge in [-0.05, 0) is 137 Å². The van der Waals surface area contributed by atoms with Crippen molar-refractivity contribution < 1.29 is 54.8 Å². The molecule has 4 saturated carbocycles. The molecule has 1 aromatic heterocycles. The van der Waals surface area contributed by atoms with E-state index in [1.165, 1.54) is 5.57 Å². The third-order valence-electron chi connectivity index (χ3n) is 22.5. The topological polar surface area (TPSA) is 212 Å². The van der Waals surface area contributed by atoms with Crippen LogP contribution in [0.2, 0.25) is 0 Å². The minimum Gasteiger partial charge on any atom is -0.393 e. The van der Waals surface area contributed by atoms with Gasteiger partial charge in [-0.15, -0.1) is 0 Å². The van der Waals surface area contributed by atoms with Gasteiger partial charge in [0.05, 0.1) is 58.7 Å². The molecule has 0 radical (unpaired) electrons. The molecule has 0 aromatic carbocycles. The number of carbonyl (C=O) groups excluding carboxylic acids is 1. The monoisotopic (exact) mass is 929 g/mol. The first kappa shape index (κ1) is 45.9. The number of allylic oxidation sites excluding steroid dienone is 1. The Labute approximate surface area is 395 Å². The molecule has 3 aliphatic heterocycles. The van der Waals surface area contributed by atoms with Crippen LogP contribution in [0.25, 0.3) is 0 Å². The Balaban J connectivity index is 0.794. The van der Waals surface area contributed by atoms with E-state index in [0.29, 0.717) is 31.1 Å². The summed E-state index contributed by atoms with van der Waals surface area (Å²) in [6.07, 6.45) is 9.46. The Bertz CT molecular complexity index is 2370. The van der Waals surface area contributed by atoms with Crippen molar-refractivity contribution >= 4 is 5.78 Å². The summed E-state index contributed by atoms with van der Waals surface area (Å²) >= 11 is 0. The highest BCUT2D eigenvalue weighted by atomic mass is 16.7. The summed E-state index contributed by atoms with van der Waals surface area (Å²) in [6.45, 7) is 15.3. The highest BCUT2D eigenvalue weighted by Crippen LogP contribution is 2.72. The molecular formula is C54H76N2O11. The summed E-state index contributed by atoms with van der Waals surface area (Å²) in [6, 6.07) is 0. The second-order valence-corrected chi connectivity index (χ2v) is 26.0. The van der Waals surface area contributed by atoms with Gasteiger partial charge in [-0.1, -0.05) is 57.9 Å². The van der Waals surface area contributed by atoms with E-state index in [4.69, 9.17) is 24.2 Å². The fraction of sp³-hybridized carbons (Fsp3) is 0.833. The van der Waals surface area contributed by atoms with Crippen LogP contribution in [-0.4, -0.2) is 118 Å². The van der Waals surface area contributed by atoms with Crippen LogP contribution < -0.4 is 0 Å². The molecule has 8 aliphatic carbocycles. The minimum absolute atomic E-state index is 0.0382. The molecule has 13 nitrogen and oxygen atoms in total. The molecule has 0 amide bonds. The Morgan fingerprint density at radius 2 is 1.45 bits per heavy atom. The lowest BCUT2D eigenvalue weighted by molar-refractivity contribution is -0.331. The van der Waals surface area contributed by atoms with E-state index >= 15 is 0 Å². The third-order valence-corrected chi connectivity index (χ3v) is 22.5. The van der Waals surface area contributed by atoms with Crippen LogP contribution >= 0.6 is 0 Å². The second kappa shape index (κ2) is 14.1. The van der Waals surface area contributed by atoms with Crippen molar-refractivity contribution in [2.75, 3.05) is 13.2 Å². The quantitative estimate of drug-likeness (QED) is 0.208. The molecule has 2 spiro atoms. The molecule has 4 heterocycles. The van der Waals surface area contributed by atoms with Crippen molar-refractivity contribution in [2.45, 2.75) is 192 Å². The van der Waals surface area contributed by atoms with Crippen LogP contribution in [0.15, 0.2) is 23.3 Å². The predicted molar refractivity (Wildman–Crippen MR) is 243 cm³/mol. The van der Waals surface area contributed by atoms with Crippen molar-refractivity contribution in [3.05, 3.63) is 46.1 Å². The summed E-state index contributed by atoms with van der Waals surface area (Å²) in [5, 5.41) is 80.4. The van der Waals surface area contributed by atoms with E-state index in [0.717, 1.165) is 79.7 Å². The van der Waals surface area contributed by atoms with Crippen LogP contribution in [0.5, 0.6) is 0 Å². The number of rotatable bonds is 4.